The Morgan fingerprint density at radius 3 is 2.32 bits per heavy atom. The van der Waals surface area contributed by atoms with Gasteiger partial charge < -0.3 is 15.0 Å². The second kappa shape index (κ2) is 7.19. The molecule has 3 rings (SSSR count). The second-order valence-corrected chi connectivity index (χ2v) is 8.04. The van der Waals surface area contributed by atoms with Gasteiger partial charge in [-0.15, -0.1) is 0 Å². The lowest BCUT2D eigenvalue weighted by atomic mass is 10.2. The normalized spacial score (nSPS) is 12.2. The van der Waals surface area contributed by atoms with Crippen molar-refractivity contribution in [2.24, 2.45) is 0 Å². The first-order valence-corrected chi connectivity index (χ1v) is 9.67. The van der Waals surface area contributed by atoms with Gasteiger partial charge in [-0.1, -0.05) is 30.3 Å². The summed E-state index contributed by atoms with van der Waals surface area (Å²) in [6.07, 6.45) is 0. The van der Waals surface area contributed by atoms with Gasteiger partial charge in [-0.2, -0.15) is 13.2 Å². The number of hydrogen-bond acceptors (Lipinski definition) is 4. The zero-order valence-electron chi connectivity index (χ0n) is 14.3. The van der Waals surface area contributed by atoms with Gasteiger partial charge in [0, 0.05) is 23.1 Å². The molecule has 2 N–H and O–H groups in total. The van der Waals surface area contributed by atoms with Crippen LogP contribution in [0.15, 0.2) is 54.6 Å². The van der Waals surface area contributed by atoms with E-state index in [4.69, 9.17) is 0 Å². The van der Waals surface area contributed by atoms with E-state index in [1.54, 1.807) is 47.0 Å². The molecule has 1 heterocycles. The van der Waals surface area contributed by atoms with Crippen LogP contribution in [0.2, 0.25) is 0 Å². The van der Waals surface area contributed by atoms with Crippen LogP contribution >= 0.6 is 0 Å². The third-order valence-corrected chi connectivity index (χ3v) is 5.37. The van der Waals surface area contributed by atoms with E-state index in [0.29, 0.717) is 5.56 Å². The summed E-state index contributed by atoms with van der Waals surface area (Å²) in [5, 5.41) is 12.4. The topological polar surface area (TPSA) is 88.4 Å². The predicted octanol–water partition coefficient (Wildman–Crippen LogP) is 3.69. The molecule has 0 aliphatic carbocycles. The van der Waals surface area contributed by atoms with Gasteiger partial charge in [0.15, 0.2) is 0 Å². The van der Waals surface area contributed by atoms with Crippen LogP contribution < -0.4 is 5.32 Å². The molecule has 0 amide bonds. The van der Waals surface area contributed by atoms with Gasteiger partial charge in [0.1, 0.15) is 11.6 Å². The Balaban J connectivity index is 1.80. The van der Waals surface area contributed by atoms with E-state index in [1.807, 2.05) is 0 Å². The van der Waals surface area contributed by atoms with Crippen molar-refractivity contribution in [1.82, 2.24) is 4.57 Å². The number of anilines is 1. The number of carboxylic acids is 1. The molecule has 3 aromatic rings. The van der Waals surface area contributed by atoms with E-state index in [0.717, 1.165) is 10.9 Å². The fourth-order valence-electron chi connectivity index (χ4n) is 2.73. The number of halogens is 3. The highest BCUT2D eigenvalue weighted by Gasteiger charge is 2.45. The molecule has 0 radical (unpaired) electrons. The average Bonchev–Trinajstić information content (AvgIpc) is 2.99. The van der Waals surface area contributed by atoms with E-state index in [2.05, 4.69) is 5.32 Å². The molecule has 0 aliphatic heterocycles. The summed E-state index contributed by atoms with van der Waals surface area (Å²) in [7, 11) is -5.27. The Labute approximate surface area is 158 Å². The molecule has 0 aliphatic rings. The Hall–Kier alpha value is -3.01. The number of fused-ring (bicyclic) bond motifs is 1. The van der Waals surface area contributed by atoms with Crippen LogP contribution in [0.5, 0.6) is 0 Å². The van der Waals surface area contributed by atoms with E-state index in [-0.39, 0.29) is 17.9 Å². The number of para-hydroxylation sites is 1. The molecule has 0 spiro atoms. The molecular formula is C18H15F3N2O4S. The minimum absolute atomic E-state index is 0.111. The fraction of sp³-hybridized carbons (Fsp3) is 0.167. The number of carboxylic acid groups (broad SMARTS) is 1. The number of nitrogens with one attached hydrogen (secondary N) is 1. The van der Waals surface area contributed by atoms with E-state index < -0.39 is 27.2 Å². The molecule has 0 atom stereocenters. The maximum Gasteiger partial charge on any atom is 0.499 e. The highest BCUT2D eigenvalue weighted by molar-refractivity contribution is 7.92. The van der Waals surface area contributed by atoms with E-state index in [9.17, 15) is 31.5 Å². The Morgan fingerprint density at radius 1 is 1.07 bits per heavy atom. The number of aromatic carboxylic acids is 1. The van der Waals surface area contributed by atoms with Crippen LogP contribution in [0.4, 0.5) is 18.9 Å². The third-order valence-electron chi connectivity index (χ3n) is 4.14. The van der Waals surface area contributed by atoms with Gasteiger partial charge in [0.2, 0.25) is 0 Å². The number of alkyl halides is 3. The molecule has 2 aromatic carbocycles. The summed E-state index contributed by atoms with van der Waals surface area (Å²) in [5.41, 5.74) is -3.57. The Kier molecular flexibility index (Phi) is 5.07. The molecule has 10 heteroatoms. The highest BCUT2D eigenvalue weighted by Crippen LogP contribution is 2.25. The lowest BCUT2D eigenvalue weighted by molar-refractivity contribution is -0.0433. The van der Waals surface area contributed by atoms with Crippen molar-refractivity contribution >= 4 is 32.4 Å². The number of nitrogens with zero attached hydrogens (tertiary/aromatic N) is 1. The van der Waals surface area contributed by atoms with Crippen LogP contribution in [0.3, 0.4) is 0 Å². The molecule has 148 valence electrons. The largest absolute Gasteiger partial charge is 0.499 e. The maximum atomic E-state index is 12.4. The minimum Gasteiger partial charge on any atom is -0.477 e. The van der Waals surface area contributed by atoms with Gasteiger partial charge in [-0.25, -0.2) is 13.2 Å². The molecule has 0 fully saturated rings. The zero-order chi connectivity index (χ0) is 20.5. The lowest BCUT2D eigenvalue weighted by Crippen LogP contribution is -2.29. The highest BCUT2D eigenvalue weighted by atomic mass is 32.2. The van der Waals surface area contributed by atoms with Gasteiger partial charge in [-0.3, -0.25) is 0 Å². The molecule has 28 heavy (non-hydrogen) atoms. The number of carbonyl (C=O) groups is 1. The first kappa shape index (κ1) is 19.7. The summed E-state index contributed by atoms with van der Waals surface area (Å²) in [6, 6.07) is 14.8. The van der Waals surface area contributed by atoms with Crippen LogP contribution in [0.1, 0.15) is 16.1 Å². The second-order valence-electron chi connectivity index (χ2n) is 6.06. The molecule has 0 unspecified atom stereocenters. The molecule has 6 nitrogen and oxygen atoms in total. The van der Waals surface area contributed by atoms with E-state index >= 15 is 0 Å². The smallest absolute Gasteiger partial charge is 0.477 e. The third kappa shape index (κ3) is 3.96. The Bertz CT molecular complexity index is 1120. The van der Waals surface area contributed by atoms with Crippen molar-refractivity contribution in [1.29, 1.82) is 0 Å². The van der Waals surface area contributed by atoms with Gasteiger partial charge in [-0.05, 0) is 29.8 Å². The molecule has 0 saturated carbocycles. The lowest BCUT2D eigenvalue weighted by Gasteiger charge is -2.12. The summed E-state index contributed by atoms with van der Waals surface area (Å²) in [5.74, 6) is -2.34. The zero-order valence-corrected chi connectivity index (χ0v) is 15.1. The summed E-state index contributed by atoms with van der Waals surface area (Å²) in [4.78, 5) is 11.5. The SMILES string of the molecule is O=C(O)c1cc2ccccc2n1Cc1ccc(NCS(=O)(=O)C(F)(F)F)cc1. The molecule has 0 saturated heterocycles. The standard InChI is InChI=1S/C18H15F3N2O4S/c19-18(20,21)28(26,27)11-22-14-7-5-12(6-8-14)10-23-15-4-2-1-3-13(15)9-16(23)17(24)25/h1-9,22H,10-11H2,(H,24,25). The van der Waals surface area contributed by atoms with Crippen molar-refractivity contribution < 1.29 is 31.5 Å². The molecular weight excluding hydrogens is 397 g/mol. The first-order chi connectivity index (χ1) is 13.1. The van der Waals surface area contributed by atoms with Crippen LogP contribution in [0, 0.1) is 0 Å². The fourth-order valence-corrected chi connectivity index (χ4v) is 3.25. The van der Waals surface area contributed by atoms with Gasteiger partial charge in [0.25, 0.3) is 9.84 Å². The summed E-state index contributed by atoms with van der Waals surface area (Å²) >= 11 is 0. The maximum absolute atomic E-state index is 12.4. The van der Waals surface area contributed by atoms with E-state index in [1.165, 1.54) is 12.1 Å². The summed E-state index contributed by atoms with van der Waals surface area (Å²) < 4.78 is 60.9. The average molecular weight is 412 g/mol. The van der Waals surface area contributed by atoms with Gasteiger partial charge in [0.05, 0.1) is 0 Å². The van der Waals surface area contributed by atoms with Crippen molar-refractivity contribution in [3.63, 3.8) is 0 Å². The van der Waals surface area contributed by atoms with Crippen molar-refractivity contribution in [2.75, 3.05) is 11.2 Å². The minimum atomic E-state index is -5.32. The number of hydrogen-bond donors (Lipinski definition) is 2. The van der Waals surface area contributed by atoms with Crippen molar-refractivity contribution in [2.45, 2.75) is 12.1 Å². The number of benzene rings is 2. The Morgan fingerprint density at radius 2 is 1.71 bits per heavy atom. The first-order valence-electron chi connectivity index (χ1n) is 8.02. The van der Waals surface area contributed by atoms with Gasteiger partial charge >= 0.3 is 11.5 Å². The van der Waals surface area contributed by atoms with Crippen LogP contribution in [-0.4, -0.2) is 35.4 Å². The monoisotopic (exact) mass is 412 g/mol. The summed E-state index contributed by atoms with van der Waals surface area (Å²) in [6.45, 7) is 0.232. The quantitative estimate of drug-likeness (QED) is 0.645. The number of rotatable bonds is 6. The van der Waals surface area contributed by atoms with Crippen LogP contribution in [0.25, 0.3) is 10.9 Å². The molecule has 0 bridgehead atoms. The molecule has 1 aromatic heterocycles. The number of aromatic nitrogens is 1. The predicted molar refractivity (Wildman–Crippen MR) is 97.9 cm³/mol. The van der Waals surface area contributed by atoms with Crippen molar-refractivity contribution in [3.05, 3.63) is 65.9 Å². The van der Waals surface area contributed by atoms with Crippen molar-refractivity contribution in [3.8, 4) is 0 Å². The van der Waals surface area contributed by atoms with Crippen LogP contribution in [-0.2, 0) is 16.4 Å². The number of sulfone groups is 1.